The van der Waals surface area contributed by atoms with E-state index in [1.54, 1.807) is 30.3 Å². The number of nitrogens with two attached hydrogens (primary N) is 1. The van der Waals surface area contributed by atoms with Gasteiger partial charge in [0.25, 0.3) is 5.91 Å². The van der Waals surface area contributed by atoms with Crippen molar-refractivity contribution in [1.29, 1.82) is 0 Å². The Labute approximate surface area is 132 Å². The lowest BCUT2D eigenvalue weighted by Crippen LogP contribution is -2.12. The van der Waals surface area contributed by atoms with Crippen molar-refractivity contribution in [2.24, 2.45) is 0 Å². The van der Waals surface area contributed by atoms with Gasteiger partial charge >= 0.3 is 0 Å². The molecule has 0 aliphatic carbocycles. The summed E-state index contributed by atoms with van der Waals surface area (Å²) in [6.07, 6.45) is 0.120. The summed E-state index contributed by atoms with van der Waals surface area (Å²) >= 11 is 3.32. The van der Waals surface area contributed by atoms with Gasteiger partial charge < -0.3 is 15.8 Å². The van der Waals surface area contributed by atoms with Gasteiger partial charge in [-0.25, -0.2) is 0 Å². The molecule has 0 aliphatic heterocycles. The molecule has 0 fully saturated rings. The van der Waals surface area contributed by atoms with Crippen molar-refractivity contribution in [3.63, 3.8) is 0 Å². The maximum atomic E-state index is 12.2. The Bertz CT molecular complexity index is 619. The van der Waals surface area contributed by atoms with Crippen LogP contribution < -0.4 is 15.8 Å². The van der Waals surface area contributed by atoms with Gasteiger partial charge in [-0.2, -0.15) is 0 Å². The molecule has 21 heavy (non-hydrogen) atoms. The molecule has 110 valence electrons. The molecule has 0 atom stereocenters. The van der Waals surface area contributed by atoms with Crippen LogP contribution in [-0.2, 0) is 0 Å². The topological polar surface area (TPSA) is 64.3 Å². The Balaban J connectivity index is 2.08. The van der Waals surface area contributed by atoms with Crippen LogP contribution in [0.2, 0.25) is 0 Å². The first-order chi connectivity index (χ1) is 9.94. The number of hydrogen-bond donors (Lipinski definition) is 2. The number of carbonyl (C=O) groups excluding carboxylic acids is 1. The lowest BCUT2D eigenvalue weighted by Gasteiger charge is -2.11. The predicted molar refractivity (Wildman–Crippen MR) is 88.7 cm³/mol. The monoisotopic (exact) mass is 348 g/mol. The molecule has 0 spiro atoms. The minimum absolute atomic E-state index is 0.120. The predicted octanol–water partition coefficient (Wildman–Crippen LogP) is 4.07. The molecule has 4 nitrogen and oxygen atoms in total. The average molecular weight is 349 g/mol. The SMILES string of the molecule is CC(C)Oc1ccc(NC(=O)c2cc(N)cc(Br)c2)cc1. The van der Waals surface area contributed by atoms with E-state index >= 15 is 0 Å². The number of anilines is 2. The van der Waals surface area contributed by atoms with E-state index in [2.05, 4.69) is 21.2 Å². The minimum Gasteiger partial charge on any atom is -0.491 e. The van der Waals surface area contributed by atoms with E-state index in [0.717, 1.165) is 10.2 Å². The van der Waals surface area contributed by atoms with Crippen LogP contribution in [0.1, 0.15) is 24.2 Å². The Morgan fingerprint density at radius 3 is 2.43 bits per heavy atom. The standard InChI is InChI=1S/C16H17BrN2O2/c1-10(2)21-15-5-3-14(4-6-15)19-16(20)11-7-12(17)9-13(18)8-11/h3-10H,18H2,1-2H3,(H,19,20). The quantitative estimate of drug-likeness (QED) is 0.818. The van der Waals surface area contributed by atoms with E-state index < -0.39 is 0 Å². The lowest BCUT2D eigenvalue weighted by atomic mass is 10.2. The molecule has 0 bridgehead atoms. The third-order valence-electron chi connectivity index (χ3n) is 2.67. The highest BCUT2D eigenvalue weighted by atomic mass is 79.9. The third-order valence-corrected chi connectivity index (χ3v) is 3.12. The van der Waals surface area contributed by atoms with E-state index in [9.17, 15) is 4.79 Å². The summed E-state index contributed by atoms with van der Waals surface area (Å²) in [7, 11) is 0. The summed E-state index contributed by atoms with van der Waals surface area (Å²) in [4.78, 5) is 12.2. The highest BCUT2D eigenvalue weighted by Crippen LogP contribution is 2.20. The summed E-state index contributed by atoms with van der Waals surface area (Å²) in [6.45, 7) is 3.93. The molecule has 0 aliphatic rings. The zero-order valence-electron chi connectivity index (χ0n) is 11.9. The van der Waals surface area contributed by atoms with Crippen molar-refractivity contribution in [1.82, 2.24) is 0 Å². The van der Waals surface area contributed by atoms with Gasteiger partial charge in [0.1, 0.15) is 5.75 Å². The van der Waals surface area contributed by atoms with Crippen LogP contribution in [0.4, 0.5) is 11.4 Å². The van der Waals surface area contributed by atoms with Crippen LogP contribution in [0.5, 0.6) is 5.75 Å². The number of rotatable bonds is 4. The van der Waals surface area contributed by atoms with Crippen molar-refractivity contribution >= 4 is 33.2 Å². The molecule has 0 radical (unpaired) electrons. The number of benzene rings is 2. The van der Waals surface area contributed by atoms with Gasteiger partial charge in [0.2, 0.25) is 0 Å². The second-order valence-corrected chi connectivity index (χ2v) is 5.83. The van der Waals surface area contributed by atoms with Crippen molar-refractivity contribution in [2.75, 3.05) is 11.1 Å². The lowest BCUT2D eigenvalue weighted by molar-refractivity contribution is 0.102. The smallest absolute Gasteiger partial charge is 0.255 e. The van der Waals surface area contributed by atoms with Crippen LogP contribution >= 0.6 is 15.9 Å². The highest BCUT2D eigenvalue weighted by Gasteiger charge is 2.08. The summed E-state index contributed by atoms with van der Waals surface area (Å²) < 4.78 is 6.33. The Morgan fingerprint density at radius 2 is 1.86 bits per heavy atom. The van der Waals surface area contributed by atoms with Gasteiger partial charge in [-0.05, 0) is 56.3 Å². The molecular formula is C16H17BrN2O2. The van der Waals surface area contributed by atoms with Gasteiger partial charge in [-0.15, -0.1) is 0 Å². The fourth-order valence-electron chi connectivity index (χ4n) is 1.84. The summed E-state index contributed by atoms with van der Waals surface area (Å²) in [5, 5.41) is 2.82. The maximum Gasteiger partial charge on any atom is 0.255 e. The fourth-order valence-corrected chi connectivity index (χ4v) is 2.35. The summed E-state index contributed by atoms with van der Waals surface area (Å²) in [5.74, 6) is 0.565. The number of halogens is 1. The second kappa shape index (κ2) is 6.63. The Morgan fingerprint density at radius 1 is 1.19 bits per heavy atom. The molecule has 2 aromatic carbocycles. The molecule has 0 saturated heterocycles. The molecule has 0 unspecified atom stereocenters. The van der Waals surface area contributed by atoms with Crippen molar-refractivity contribution in [3.05, 3.63) is 52.5 Å². The highest BCUT2D eigenvalue weighted by molar-refractivity contribution is 9.10. The fraction of sp³-hybridized carbons (Fsp3) is 0.188. The van der Waals surface area contributed by atoms with E-state index in [-0.39, 0.29) is 12.0 Å². The van der Waals surface area contributed by atoms with E-state index in [1.165, 1.54) is 0 Å². The third kappa shape index (κ3) is 4.49. The first-order valence-electron chi connectivity index (χ1n) is 6.58. The molecule has 2 aromatic rings. The molecule has 0 saturated carbocycles. The van der Waals surface area contributed by atoms with Gasteiger partial charge in [0.15, 0.2) is 0 Å². The summed E-state index contributed by atoms with van der Waals surface area (Å²) in [5.41, 5.74) is 7.47. The number of hydrogen-bond acceptors (Lipinski definition) is 3. The summed E-state index contributed by atoms with van der Waals surface area (Å²) in [6, 6.07) is 12.4. The number of ether oxygens (including phenoxy) is 1. The van der Waals surface area contributed by atoms with Crippen LogP contribution in [0.15, 0.2) is 46.9 Å². The van der Waals surface area contributed by atoms with Gasteiger partial charge in [-0.3, -0.25) is 4.79 Å². The molecule has 0 heterocycles. The molecule has 5 heteroatoms. The zero-order chi connectivity index (χ0) is 15.4. The molecule has 0 aromatic heterocycles. The average Bonchev–Trinajstić information content (AvgIpc) is 2.39. The van der Waals surface area contributed by atoms with Crippen LogP contribution in [0.3, 0.4) is 0 Å². The van der Waals surface area contributed by atoms with Crippen molar-refractivity contribution < 1.29 is 9.53 Å². The van der Waals surface area contributed by atoms with Gasteiger partial charge in [-0.1, -0.05) is 15.9 Å². The van der Waals surface area contributed by atoms with Gasteiger partial charge in [0, 0.05) is 21.4 Å². The van der Waals surface area contributed by atoms with Crippen molar-refractivity contribution in [3.8, 4) is 5.75 Å². The van der Waals surface area contributed by atoms with E-state index in [1.807, 2.05) is 26.0 Å². The Hall–Kier alpha value is -2.01. The molecular weight excluding hydrogens is 332 g/mol. The molecule has 2 rings (SSSR count). The molecule has 3 N–H and O–H groups in total. The van der Waals surface area contributed by atoms with Crippen LogP contribution in [0.25, 0.3) is 0 Å². The number of amides is 1. The first kappa shape index (κ1) is 15.4. The van der Waals surface area contributed by atoms with Crippen LogP contribution in [0, 0.1) is 0 Å². The Kier molecular flexibility index (Phi) is 4.85. The molecule has 1 amide bonds. The second-order valence-electron chi connectivity index (χ2n) is 4.92. The largest absolute Gasteiger partial charge is 0.491 e. The number of carbonyl (C=O) groups is 1. The number of nitrogens with one attached hydrogen (secondary N) is 1. The van der Waals surface area contributed by atoms with Gasteiger partial charge in [0.05, 0.1) is 6.10 Å². The maximum absolute atomic E-state index is 12.2. The van der Waals surface area contributed by atoms with E-state index in [0.29, 0.717) is 16.9 Å². The minimum atomic E-state index is -0.208. The van der Waals surface area contributed by atoms with Crippen molar-refractivity contribution in [2.45, 2.75) is 20.0 Å². The van der Waals surface area contributed by atoms with E-state index in [4.69, 9.17) is 10.5 Å². The normalized spacial score (nSPS) is 10.5. The zero-order valence-corrected chi connectivity index (χ0v) is 13.5. The van der Waals surface area contributed by atoms with Crippen LogP contribution in [-0.4, -0.2) is 12.0 Å². The first-order valence-corrected chi connectivity index (χ1v) is 7.37. The number of nitrogen functional groups attached to an aromatic ring is 1.